The van der Waals surface area contributed by atoms with Crippen LogP contribution in [0, 0.1) is 25.2 Å². The highest BCUT2D eigenvalue weighted by Gasteiger charge is 2.17. The Morgan fingerprint density at radius 3 is 2.72 bits per heavy atom. The third kappa shape index (κ3) is 4.76. The topological polar surface area (TPSA) is 116 Å². The van der Waals surface area contributed by atoms with Gasteiger partial charge in [0, 0.05) is 12.1 Å². The van der Waals surface area contributed by atoms with Crippen molar-refractivity contribution in [2.75, 3.05) is 0 Å². The Kier molecular flexibility index (Phi) is 6.19. The maximum Gasteiger partial charge on any atom is 0.266 e. The number of carbonyl (C=O) groups is 1. The number of hydrogen-bond donors (Lipinski definition) is 2. The van der Waals surface area contributed by atoms with Crippen molar-refractivity contribution in [3.8, 4) is 6.07 Å². The number of H-pyrrole nitrogens is 1. The molecule has 1 amide bonds. The molecule has 0 aliphatic carbocycles. The van der Waals surface area contributed by atoms with Gasteiger partial charge >= 0.3 is 0 Å². The number of carbonyl (C=O) groups excluding carboxylic acids is 1. The summed E-state index contributed by atoms with van der Waals surface area (Å²) in [6.07, 6.45) is 3.73. The Morgan fingerprint density at radius 1 is 1.31 bits per heavy atom. The number of nitrogens with one attached hydrogen (secondary N) is 2. The molecule has 0 bridgehead atoms. The van der Waals surface area contributed by atoms with Gasteiger partial charge in [-0.25, -0.2) is 4.98 Å². The SMILES string of the molecule is Cc1[nH]c(=O)c(C#N)c(C)c1CCC(=O)NC(Cn1cncn1)c1ccccc1. The zero-order valence-electron chi connectivity index (χ0n) is 16.3. The maximum absolute atomic E-state index is 12.7. The van der Waals surface area contributed by atoms with E-state index in [-0.39, 0.29) is 23.9 Å². The fourth-order valence-corrected chi connectivity index (χ4v) is 3.36. The molecule has 0 aliphatic rings. The Bertz CT molecular complexity index is 1080. The van der Waals surface area contributed by atoms with Crippen molar-refractivity contribution in [1.82, 2.24) is 25.1 Å². The molecule has 2 aromatic heterocycles. The molecule has 1 atom stereocenters. The first kappa shape index (κ1) is 20.0. The Labute approximate surface area is 168 Å². The summed E-state index contributed by atoms with van der Waals surface area (Å²) in [5.74, 6) is -0.123. The van der Waals surface area contributed by atoms with E-state index in [1.165, 1.54) is 6.33 Å². The second-order valence-corrected chi connectivity index (χ2v) is 6.82. The van der Waals surface area contributed by atoms with Gasteiger partial charge in [0.2, 0.25) is 5.91 Å². The van der Waals surface area contributed by atoms with E-state index in [4.69, 9.17) is 0 Å². The number of nitriles is 1. The molecule has 0 radical (unpaired) electrons. The van der Waals surface area contributed by atoms with Crippen LogP contribution in [-0.4, -0.2) is 25.7 Å². The number of amides is 1. The molecule has 2 N–H and O–H groups in total. The van der Waals surface area contributed by atoms with Crippen LogP contribution in [0.1, 0.15) is 40.4 Å². The second kappa shape index (κ2) is 8.97. The number of nitrogens with zero attached hydrogens (tertiary/aromatic N) is 4. The van der Waals surface area contributed by atoms with Gasteiger partial charge in [0.25, 0.3) is 5.56 Å². The van der Waals surface area contributed by atoms with Crippen LogP contribution in [0.3, 0.4) is 0 Å². The predicted octanol–water partition coefficient (Wildman–Crippen LogP) is 1.95. The summed E-state index contributed by atoms with van der Waals surface area (Å²) >= 11 is 0. The minimum atomic E-state index is -0.396. The van der Waals surface area contributed by atoms with E-state index in [0.29, 0.717) is 24.2 Å². The monoisotopic (exact) mass is 390 g/mol. The lowest BCUT2D eigenvalue weighted by atomic mass is 9.98. The molecule has 0 fully saturated rings. The van der Waals surface area contributed by atoms with Gasteiger partial charge in [0.1, 0.15) is 24.3 Å². The largest absolute Gasteiger partial charge is 0.347 e. The zero-order valence-corrected chi connectivity index (χ0v) is 16.3. The normalized spacial score (nSPS) is 11.6. The minimum absolute atomic E-state index is 0.0966. The first-order valence-corrected chi connectivity index (χ1v) is 9.28. The standard InChI is InChI=1S/C21H22N6O2/c1-14-17(15(2)25-21(29)18(14)10-22)8-9-20(28)26-19(11-27-13-23-12-24-27)16-6-4-3-5-7-16/h3-7,12-13,19H,8-9,11H2,1-2H3,(H,25,29)(H,26,28). The van der Waals surface area contributed by atoms with Crippen molar-refractivity contribution in [3.05, 3.63) is 81.3 Å². The summed E-state index contributed by atoms with van der Waals surface area (Å²) in [5.41, 5.74) is 2.81. The number of aryl methyl sites for hydroxylation is 1. The van der Waals surface area contributed by atoms with Crippen molar-refractivity contribution in [3.63, 3.8) is 0 Å². The van der Waals surface area contributed by atoms with E-state index in [0.717, 1.165) is 11.1 Å². The smallest absolute Gasteiger partial charge is 0.266 e. The van der Waals surface area contributed by atoms with Crippen molar-refractivity contribution in [2.24, 2.45) is 0 Å². The molecule has 1 unspecified atom stereocenters. The van der Waals surface area contributed by atoms with Crippen LogP contribution >= 0.6 is 0 Å². The molecule has 8 nitrogen and oxygen atoms in total. The van der Waals surface area contributed by atoms with E-state index in [9.17, 15) is 14.9 Å². The summed E-state index contributed by atoms with van der Waals surface area (Å²) in [6.45, 7) is 3.98. The number of aromatic amines is 1. The van der Waals surface area contributed by atoms with Crippen LogP contribution in [-0.2, 0) is 17.8 Å². The van der Waals surface area contributed by atoms with Gasteiger partial charge in [-0.05, 0) is 37.0 Å². The van der Waals surface area contributed by atoms with E-state index in [2.05, 4.69) is 20.4 Å². The summed E-state index contributed by atoms with van der Waals surface area (Å²) < 4.78 is 1.67. The third-order valence-corrected chi connectivity index (χ3v) is 4.90. The summed E-state index contributed by atoms with van der Waals surface area (Å²) in [6, 6.07) is 11.4. The third-order valence-electron chi connectivity index (χ3n) is 4.90. The Balaban J connectivity index is 1.73. The molecule has 8 heteroatoms. The minimum Gasteiger partial charge on any atom is -0.347 e. The average molecular weight is 390 g/mol. The van der Waals surface area contributed by atoms with Gasteiger partial charge in [-0.15, -0.1) is 0 Å². The Morgan fingerprint density at radius 2 is 2.07 bits per heavy atom. The molecular formula is C21H22N6O2. The zero-order chi connectivity index (χ0) is 20.8. The number of hydrogen-bond acceptors (Lipinski definition) is 5. The van der Waals surface area contributed by atoms with Crippen molar-refractivity contribution in [2.45, 2.75) is 39.3 Å². The van der Waals surface area contributed by atoms with Crippen LogP contribution in [0.4, 0.5) is 0 Å². The van der Waals surface area contributed by atoms with Crippen LogP contribution in [0.15, 0.2) is 47.8 Å². The maximum atomic E-state index is 12.7. The lowest BCUT2D eigenvalue weighted by Gasteiger charge is -2.19. The predicted molar refractivity (Wildman–Crippen MR) is 107 cm³/mol. The summed E-state index contributed by atoms with van der Waals surface area (Å²) in [4.78, 5) is 31.2. The van der Waals surface area contributed by atoms with Gasteiger partial charge in [-0.2, -0.15) is 10.4 Å². The fourth-order valence-electron chi connectivity index (χ4n) is 3.36. The Hall–Kier alpha value is -3.73. The summed E-state index contributed by atoms with van der Waals surface area (Å²) in [5, 5.41) is 16.4. The van der Waals surface area contributed by atoms with Crippen molar-refractivity contribution >= 4 is 5.91 Å². The first-order chi connectivity index (χ1) is 14.0. The lowest BCUT2D eigenvalue weighted by molar-refractivity contribution is -0.121. The van der Waals surface area contributed by atoms with Gasteiger partial charge in [0.05, 0.1) is 12.6 Å². The van der Waals surface area contributed by atoms with Gasteiger partial charge in [-0.3, -0.25) is 14.3 Å². The van der Waals surface area contributed by atoms with Crippen LogP contribution in [0.2, 0.25) is 0 Å². The molecule has 1 aromatic carbocycles. The quantitative estimate of drug-likeness (QED) is 0.639. The lowest BCUT2D eigenvalue weighted by Crippen LogP contribution is -2.32. The molecule has 3 rings (SSSR count). The second-order valence-electron chi connectivity index (χ2n) is 6.82. The van der Waals surface area contributed by atoms with Gasteiger partial charge in [0.15, 0.2) is 0 Å². The summed E-state index contributed by atoms with van der Waals surface area (Å²) in [7, 11) is 0. The average Bonchev–Trinajstić information content (AvgIpc) is 3.21. The van der Waals surface area contributed by atoms with Gasteiger partial charge < -0.3 is 10.3 Å². The van der Waals surface area contributed by atoms with Crippen LogP contribution in [0.25, 0.3) is 0 Å². The molecular weight excluding hydrogens is 368 g/mol. The highest BCUT2D eigenvalue weighted by atomic mass is 16.1. The highest BCUT2D eigenvalue weighted by molar-refractivity contribution is 5.76. The van der Waals surface area contributed by atoms with Crippen molar-refractivity contribution in [1.29, 1.82) is 5.26 Å². The molecule has 0 spiro atoms. The van der Waals surface area contributed by atoms with E-state index in [1.54, 1.807) is 24.9 Å². The first-order valence-electron chi connectivity index (χ1n) is 9.28. The number of rotatable bonds is 7. The molecule has 0 aliphatic heterocycles. The van der Waals surface area contributed by atoms with E-state index >= 15 is 0 Å². The molecule has 29 heavy (non-hydrogen) atoms. The number of benzene rings is 1. The molecule has 0 saturated heterocycles. The number of aromatic nitrogens is 4. The fraction of sp³-hybridized carbons (Fsp3) is 0.286. The molecule has 2 heterocycles. The number of pyridine rings is 1. The molecule has 3 aromatic rings. The molecule has 148 valence electrons. The highest BCUT2D eigenvalue weighted by Crippen LogP contribution is 2.17. The van der Waals surface area contributed by atoms with E-state index < -0.39 is 5.56 Å². The van der Waals surface area contributed by atoms with Gasteiger partial charge in [-0.1, -0.05) is 30.3 Å². The molecule has 0 saturated carbocycles. The van der Waals surface area contributed by atoms with Crippen LogP contribution in [0.5, 0.6) is 0 Å². The van der Waals surface area contributed by atoms with Crippen LogP contribution < -0.4 is 10.9 Å². The van der Waals surface area contributed by atoms with E-state index in [1.807, 2.05) is 36.4 Å². The van der Waals surface area contributed by atoms with Crippen molar-refractivity contribution < 1.29 is 4.79 Å².